The quantitative estimate of drug-likeness (QED) is 0.819. The lowest BCUT2D eigenvalue weighted by Gasteiger charge is -2.20. The Morgan fingerprint density at radius 3 is 2.50 bits per heavy atom. The second-order valence-electron chi connectivity index (χ2n) is 5.49. The second kappa shape index (κ2) is 7.64. The maximum Gasteiger partial charge on any atom is 0.306 e. The summed E-state index contributed by atoms with van der Waals surface area (Å²) in [6.07, 6.45) is 0.787. The van der Waals surface area contributed by atoms with Crippen LogP contribution in [0.4, 0.5) is 0 Å². The molecule has 0 saturated heterocycles. The first-order valence-electron chi connectivity index (χ1n) is 7.61. The van der Waals surface area contributed by atoms with E-state index in [1.165, 1.54) is 0 Å². The molecule has 0 bridgehead atoms. The SMILES string of the molecule is CC[C@@H](c1cccc(OCc2ccccc2)c1)[C@@H](C)C(=O)O. The van der Waals surface area contributed by atoms with Gasteiger partial charge < -0.3 is 9.84 Å². The molecule has 0 aliphatic heterocycles. The number of carboxylic acids is 1. The molecule has 3 heteroatoms. The monoisotopic (exact) mass is 298 g/mol. The van der Waals surface area contributed by atoms with Crippen molar-refractivity contribution < 1.29 is 14.6 Å². The van der Waals surface area contributed by atoms with Crippen LogP contribution in [0.1, 0.15) is 37.3 Å². The molecule has 0 unspecified atom stereocenters. The number of carboxylic acid groups (broad SMARTS) is 1. The van der Waals surface area contributed by atoms with Crippen molar-refractivity contribution >= 4 is 5.97 Å². The van der Waals surface area contributed by atoms with Gasteiger partial charge in [0, 0.05) is 0 Å². The third-order valence-corrected chi connectivity index (χ3v) is 3.97. The van der Waals surface area contributed by atoms with Gasteiger partial charge in [-0.3, -0.25) is 4.79 Å². The van der Waals surface area contributed by atoms with E-state index in [0.717, 1.165) is 23.3 Å². The molecule has 0 radical (unpaired) electrons. The minimum absolute atomic E-state index is 0.00206. The van der Waals surface area contributed by atoms with Crippen molar-refractivity contribution in [2.75, 3.05) is 0 Å². The van der Waals surface area contributed by atoms with E-state index in [1.807, 2.05) is 61.5 Å². The first-order valence-corrected chi connectivity index (χ1v) is 7.61. The minimum Gasteiger partial charge on any atom is -0.489 e. The predicted octanol–water partition coefficient (Wildman–Crippen LogP) is 4.48. The number of hydrogen-bond donors (Lipinski definition) is 1. The lowest BCUT2D eigenvalue weighted by molar-refractivity contribution is -0.141. The van der Waals surface area contributed by atoms with Crippen LogP contribution in [-0.2, 0) is 11.4 Å². The molecule has 0 amide bonds. The summed E-state index contributed by atoms with van der Waals surface area (Å²) in [6, 6.07) is 17.7. The Bertz CT molecular complexity index is 607. The van der Waals surface area contributed by atoms with Crippen molar-refractivity contribution in [1.82, 2.24) is 0 Å². The van der Waals surface area contributed by atoms with Crippen LogP contribution in [0.5, 0.6) is 5.75 Å². The number of benzene rings is 2. The number of hydrogen-bond acceptors (Lipinski definition) is 2. The standard InChI is InChI=1S/C19H22O3/c1-3-18(14(2)19(20)21)16-10-7-11-17(12-16)22-13-15-8-5-4-6-9-15/h4-12,14,18H,3,13H2,1-2H3,(H,20,21)/t14-,18-/m1/s1. The fraction of sp³-hybridized carbons (Fsp3) is 0.316. The van der Waals surface area contributed by atoms with Crippen LogP contribution in [0.3, 0.4) is 0 Å². The molecule has 0 saturated carbocycles. The Morgan fingerprint density at radius 2 is 1.86 bits per heavy atom. The lowest BCUT2D eigenvalue weighted by atomic mass is 9.85. The van der Waals surface area contributed by atoms with E-state index in [2.05, 4.69) is 0 Å². The summed E-state index contributed by atoms with van der Waals surface area (Å²) in [6.45, 7) is 4.28. The number of ether oxygens (including phenoxy) is 1. The molecule has 2 rings (SSSR count). The topological polar surface area (TPSA) is 46.5 Å². The molecular weight excluding hydrogens is 276 g/mol. The van der Waals surface area contributed by atoms with Crippen LogP contribution in [0.15, 0.2) is 54.6 Å². The number of carbonyl (C=O) groups is 1. The van der Waals surface area contributed by atoms with E-state index in [4.69, 9.17) is 4.74 Å². The van der Waals surface area contributed by atoms with Gasteiger partial charge in [-0.1, -0.05) is 56.3 Å². The smallest absolute Gasteiger partial charge is 0.306 e. The van der Waals surface area contributed by atoms with E-state index in [0.29, 0.717) is 6.61 Å². The van der Waals surface area contributed by atoms with Crippen LogP contribution in [0.25, 0.3) is 0 Å². The molecule has 2 aromatic rings. The Morgan fingerprint density at radius 1 is 1.14 bits per heavy atom. The fourth-order valence-corrected chi connectivity index (χ4v) is 2.63. The molecule has 0 heterocycles. The normalized spacial score (nSPS) is 13.4. The Labute approximate surface area is 131 Å². The van der Waals surface area contributed by atoms with Crippen molar-refractivity contribution in [3.05, 3.63) is 65.7 Å². The summed E-state index contributed by atoms with van der Waals surface area (Å²) < 4.78 is 5.82. The third kappa shape index (κ3) is 4.10. The molecule has 0 spiro atoms. The molecule has 0 aliphatic rings. The van der Waals surface area contributed by atoms with Gasteiger partial charge >= 0.3 is 5.97 Å². The highest BCUT2D eigenvalue weighted by atomic mass is 16.5. The lowest BCUT2D eigenvalue weighted by Crippen LogP contribution is -2.18. The molecule has 2 atom stereocenters. The number of aliphatic carboxylic acids is 1. The summed E-state index contributed by atoms with van der Waals surface area (Å²) in [5.41, 5.74) is 2.13. The van der Waals surface area contributed by atoms with Gasteiger partial charge in [0.25, 0.3) is 0 Å². The Balaban J connectivity index is 2.10. The van der Waals surface area contributed by atoms with E-state index in [1.54, 1.807) is 6.92 Å². The van der Waals surface area contributed by atoms with Crippen molar-refractivity contribution in [1.29, 1.82) is 0 Å². The number of rotatable bonds is 7. The molecule has 1 N–H and O–H groups in total. The van der Waals surface area contributed by atoms with Crippen molar-refractivity contribution in [2.45, 2.75) is 32.8 Å². The van der Waals surface area contributed by atoms with E-state index >= 15 is 0 Å². The summed E-state index contributed by atoms with van der Waals surface area (Å²) in [5, 5.41) is 9.23. The van der Waals surface area contributed by atoms with Crippen LogP contribution < -0.4 is 4.74 Å². The van der Waals surface area contributed by atoms with Gasteiger partial charge in [-0.15, -0.1) is 0 Å². The van der Waals surface area contributed by atoms with Gasteiger partial charge in [0.2, 0.25) is 0 Å². The summed E-state index contributed by atoms with van der Waals surface area (Å²) in [5.74, 6) is -0.396. The third-order valence-electron chi connectivity index (χ3n) is 3.97. The van der Waals surface area contributed by atoms with E-state index < -0.39 is 11.9 Å². The Hall–Kier alpha value is -2.29. The average molecular weight is 298 g/mol. The van der Waals surface area contributed by atoms with Crippen molar-refractivity contribution in [3.8, 4) is 5.75 Å². The maximum absolute atomic E-state index is 11.2. The molecule has 3 nitrogen and oxygen atoms in total. The van der Waals surface area contributed by atoms with Gasteiger partial charge in [0.05, 0.1) is 5.92 Å². The first-order chi connectivity index (χ1) is 10.6. The van der Waals surface area contributed by atoms with E-state index in [9.17, 15) is 9.90 Å². The summed E-state index contributed by atoms with van der Waals surface area (Å²) in [4.78, 5) is 11.2. The van der Waals surface area contributed by atoms with Crippen LogP contribution in [0, 0.1) is 5.92 Å². The molecule has 0 aliphatic carbocycles. The largest absolute Gasteiger partial charge is 0.489 e. The fourth-order valence-electron chi connectivity index (χ4n) is 2.63. The Kier molecular flexibility index (Phi) is 5.59. The first kappa shape index (κ1) is 16.1. The molecule has 2 aromatic carbocycles. The zero-order valence-electron chi connectivity index (χ0n) is 13.0. The van der Waals surface area contributed by atoms with Crippen LogP contribution in [0.2, 0.25) is 0 Å². The van der Waals surface area contributed by atoms with Gasteiger partial charge in [-0.2, -0.15) is 0 Å². The van der Waals surface area contributed by atoms with Crippen molar-refractivity contribution in [2.24, 2.45) is 5.92 Å². The maximum atomic E-state index is 11.2. The van der Waals surface area contributed by atoms with Gasteiger partial charge in [0.1, 0.15) is 12.4 Å². The predicted molar refractivity (Wildman–Crippen MR) is 87.0 cm³/mol. The molecular formula is C19H22O3. The highest BCUT2D eigenvalue weighted by Crippen LogP contribution is 2.30. The van der Waals surface area contributed by atoms with Gasteiger partial charge in [-0.25, -0.2) is 0 Å². The second-order valence-corrected chi connectivity index (χ2v) is 5.49. The molecule has 22 heavy (non-hydrogen) atoms. The highest BCUT2D eigenvalue weighted by molar-refractivity contribution is 5.71. The van der Waals surface area contributed by atoms with Crippen molar-refractivity contribution in [3.63, 3.8) is 0 Å². The van der Waals surface area contributed by atoms with Crippen LogP contribution in [-0.4, -0.2) is 11.1 Å². The highest BCUT2D eigenvalue weighted by Gasteiger charge is 2.23. The zero-order chi connectivity index (χ0) is 15.9. The molecule has 116 valence electrons. The summed E-state index contributed by atoms with van der Waals surface area (Å²) >= 11 is 0. The van der Waals surface area contributed by atoms with Gasteiger partial charge in [0.15, 0.2) is 0 Å². The molecule has 0 fully saturated rings. The van der Waals surface area contributed by atoms with E-state index in [-0.39, 0.29) is 5.92 Å². The average Bonchev–Trinajstić information content (AvgIpc) is 2.55. The van der Waals surface area contributed by atoms with Crippen LogP contribution >= 0.6 is 0 Å². The minimum atomic E-state index is -0.762. The van der Waals surface area contributed by atoms with Gasteiger partial charge in [-0.05, 0) is 35.6 Å². The zero-order valence-corrected chi connectivity index (χ0v) is 13.0. The summed E-state index contributed by atoms with van der Waals surface area (Å²) in [7, 11) is 0. The molecule has 0 aromatic heterocycles.